The van der Waals surface area contributed by atoms with Gasteiger partial charge in [-0.3, -0.25) is 9.78 Å². The molecule has 1 N–H and O–H groups in total. The molecule has 0 radical (unpaired) electrons. The van der Waals surface area contributed by atoms with E-state index in [1.807, 2.05) is 30.3 Å². The Morgan fingerprint density at radius 2 is 2.28 bits per heavy atom. The number of likely N-dealkylation sites (N-methyl/N-ethyl adjacent to an activating group) is 1. The summed E-state index contributed by atoms with van der Waals surface area (Å²) in [5, 5.41) is 7.77. The molecule has 128 valence electrons. The van der Waals surface area contributed by atoms with Gasteiger partial charge in [0.1, 0.15) is 0 Å². The number of likely N-dealkylation sites (tertiary alicyclic amines) is 1. The number of aromatic nitrogens is 3. The van der Waals surface area contributed by atoms with E-state index < -0.39 is 0 Å². The molecule has 3 aromatic rings. The van der Waals surface area contributed by atoms with Crippen LogP contribution in [-0.2, 0) is 11.2 Å². The van der Waals surface area contributed by atoms with Crippen molar-refractivity contribution < 1.29 is 9.32 Å². The number of carbonyl (C=O) groups is 1. The highest BCUT2D eigenvalue weighted by Crippen LogP contribution is 2.25. The molecule has 7 heteroatoms. The third kappa shape index (κ3) is 3.36. The minimum atomic E-state index is -0.174. The molecule has 0 aliphatic carbocycles. The van der Waals surface area contributed by atoms with Crippen molar-refractivity contribution in [1.82, 2.24) is 20.0 Å². The van der Waals surface area contributed by atoms with E-state index in [0.29, 0.717) is 11.7 Å². The quantitative estimate of drug-likeness (QED) is 0.786. The van der Waals surface area contributed by atoms with Gasteiger partial charge in [0.15, 0.2) is 5.82 Å². The molecule has 3 heterocycles. The zero-order chi connectivity index (χ0) is 17.2. The smallest absolute Gasteiger partial charge is 0.232 e. The molecular weight excluding hydrogens is 318 g/mol. The average Bonchev–Trinajstić information content (AvgIpc) is 3.24. The summed E-state index contributed by atoms with van der Waals surface area (Å²) in [6.07, 6.45) is 2.82. The molecule has 1 aliphatic rings. The topological polar surface area (TPSA) is 84.2 Å². The van der Waals surface area contributed by atoms with Gasteiger partial charge in [-0.25, -0.2) is 0 Å². The monoisotopic (exact) mass is 337 g/mol. The number of hydrogen-bond acceptors (Lipinski definition) is 6. The van der Waals surface area contributed by atoms with Crippen molar-refractivity contribution >= 4 is 22.5 Å². The molecule has 1 atom stereocenters. The van der Waals surface area contributed by atoms with Gasteiger partial charge in [-0.1, -0.05) is 11.2 Å². The van der Waals surface area contributed by atoms with Gasteiger partial charge < -0.3 is 14.7 Å². The van der Waals surface area contributed by atoms with E-state index >= 15 is 0 Å². The SMILES string of the molecule is CN1CC[C@H](c2nc(CC(=O)Nc3cccc4ncccc34)no2)C1. The number of nitrogens with one attached hydrogen (secondary N) is 1. The Bertz CT molecular complexity index is 902. The second kappa shape index (κ2) is 6.60. The van der Waals surface area contributed by atoms with Crippen molar-refractivity contribution in [3.63, 3.8) is 0 Å². The number of nitrogens with zero attached hydrogens (tertiary/aromatic N) is 4. The largest absolute Gasteiger partial charge is 0.339 e. The van der Waals surface area contributed by atoms with E-state index in [-0.39, 0.29) is 18.2 Å². The van der Waals surface area contributed by atoms with Crippen LogP contribution in [0.25, 0.3) is 10.9 Å². The van der Waals surface area contributed by atoms with Crippen molar-refractivity contribution in [2.24, 2.45) is 0 Å². The van der Waals surface area contributed by atoms with Crippen molar-refractivity contribution in [3.05, 3.63) is 48.2 Å². The van der Waals surface area contributed by atoms with Crippen LogP contribution < -0.4 is 5.32 Å². The zero-order valence-corrected chi connectivity index (χ0v) is 14.0. The van der Waals surface area contributed by atoms with E-state index in [0.717, 1.165) is 36.1 Å². The van der Waals surface area contributed by atoms with Crippen LogP contribution >= 0.6 is 0 Å². The maximum Gasteiger partial charge on any atom is 0.232 e. The lowest BCUT2D eigenvalue weighted by molar-refractivity contribution is -0.115. The zero-order valence-electron chi connectivity index (χ0n) is 14.0. The van der Waals surface area contributed by atoms with Gasteiger partial charge in [0, 0.05) is 18.1 Å². The highest BCUT2D eigenvalue weighted by molar-refractivity contribution is 6.01. The first kappa shape index (κ1) is 15.7. The molecule has 25 heavy (non-hydrogen) atoms. The Morgan fingerprint density at radius 3 is 3.12 bits per heavy atom. The number of hydrogen-bond donors (Lipinski definition) is 1. The first-order valence-electron chi connectivity index (χ1n) is 8.33. The number of fused-ring (bicyclic) bond motifs is 1. The van der Waals surface area contributed by atoms with Crippen molar-refractivity contribution in [3.8, 4) is 0 Å². The molecule has 1 saturated heterocycles. The van der Waals surface area contributed by atoms with Crippen LogP contribution in [0.2, 0.25) is 0 Å². The van der Waals surface area contributed by atoms with E-state index in [1.54, 1.807) is 6.20 Å². The second-order valence-electron chi connectivity index (χ2n) is 6.40. The maximum atomic E-state index is 12.3. The summed E-state index contributed by atoms with van der Waals surface area (Å²) in [7, 11) is 2.07. The predicted octanol–water partition coefficient (Wildman–Crippen LogP) is 2.22. The summed E-state index contributed by atoms with van der Waals surface area (Å²) in [5.74, 6) is 1.13. The summed E-state index contributed by atoms with van der Waals surface area (Å²) >= 11 is 0. The van der Waals surface area contributed by atoms with E-state index in [9.17, 15) is 4.79 Å². The van der Waals surface area contributed by atoms with Gasteiger partial charge in [-0.15, -0.1) is 0 Å². The van der Waals surface area contributed by atoms with E-state index in [2.05, 4.69) is 32.4 Å². The molecule has 7 nitrogen and oxygen atoms in total. The number of anilines is 1. The van der Waals surface area contributed by atoms with Gasteiger partial charge in [0.05, 0.1) is 23.5 Å². The Morgan fingerprint density at radius 1 is 1.36 bits per heavy atom. The summed E-state index contributed by atoms with van der Waals surface area (Å²) in [6, 6.07) is 9.42. The van der Waals surface area contributed by atoms with Gasteiger partial charge in [-0.05, 0) is 44.3 Å². The van der Waals surface area contributed by atoms with Crippen LogP contribution in [-0.4, -0.2) is 46.1 Å². The third-order valence-electron chi connectivity index (χ3n) is 4.46. The number of rotatable bonds is 4. The van der Waals surface area contributed by atoms with Crippen molar-refractivity contribution in [1.29, 1.82) is 0 Å². The minimum absolute atomic E-state index is 0.0860. The second-order valence-corrected chi connectivity index (χ2v) is 6.40. The molecule has 4 rings (SSSR count). The number of pyridine rings is 1. The fraction of sp³-hybridized carbons (Fsp3) is 0.333. The number of carbonyl (C=O) groups excluding carboxylic acids is 1. The highest BCUT2D eigenvalue weighted by atomic mass is 16.5. The number of benzene rings is 1. The van der Waals surface area contributed by atoms with E-state index in [1.165, 1.54) is 0 Å². The van der Waals surface area contributed by atoms with Gasteiger partial charge >= 0.3 is 0 Å². The fourth-order valence-electron chi connectivity index (χ4n) is 3.19. The van der Waals surface area contributed by atoms with Crippen LogP contribution in [0.15, 0.2) is 41.1 Å². The van der Waals surface area contributed by atoms with Gasteiger partial charge in [0.2, 0.25) is 11.8 Å². The Balaban J connectivity index is 1.45. The highest BCUT2D eigenvalue weighted by Gasteiger charge is 2.26. The minimum Gasteiger partial charge on any atom is -0.339 e. The Kier molecular flexibility index (Phi) is 4.15. The van der Waals surface area contributed by atoms with E-state index in [4.69, 9.17) is 4.52 Å². The standard InChI is InChI=1S/C18H19N5O2/c1-23-9-7-12(11-23)18-21-16(22-25-18)10-17(24)20-15-6-2-5-14-13(15)4-3-8-19-14/h2-6,8,12H,7,9-11H2,1H3,(H,20,24)/t12-/m0/s1. The summed E-state index contributed by atoms with van der Waals surface area (Å²) in [4.78, 5) is 23.3. The maximum absolute atomic E-state index is 12.3. The van der Waals surface area contributed by atoms with Crippen LogP contribution in [0.4, 0.5) is 5.69 Å². The van der Waals surface area contributed by atoms with Crippen LogP contribution in [0, 0.1) is 0 Å². The normalized spacial score (nSPS) is 17.9. The Labute approximate surface area is 145 Å². The lowest BCUT2D eigenvalue weighted by atomic mass is 10.1. The third-order valence-corrected chi connectivity index (χ3v) is 4.46. The fourth-order valence-corrected chi connectivity index (χ4v) is 3.19. The molecule has 0 unspecified atom stereocenters. The summed E-state index contributed by atoms with van der Waals surface area (Å²) in [6.45, 7) is 1.94. The molecule has 0 spiro atoms. The Hall–Kier alpha value is -2.80. The summed E-state index contributed by atoms with van der Waals surface area (Å²) in [5.41, 5.74) is 1.57. The van der Waals surface area contributed by atoms with Gasteiger partial charge in [-0.2, -0.15) is 4.98 Å². The first-order valence-corrected chi connectivity index (χ1v) is 8.33. The van der Waals surface area contributed by atoms with Gasteiger partial charge in [0.25, 0.3) is 0 Å². The molecule has 2 aromatic heterocycles. The van der Waals surface area contributed by atoms with Crippen LogP contribution in [0.3, 0.4) is 0 Å². The lowest BCUT2D eigenvalue weighted by Crippen LogP contribution is -2.16. The van der Waals surface area contributed by atoms with Crippen molar-refractivity contribution in [2.45, 2.75) is 18.8 Å². The average molecular weight is 337 g/mol. The van der Waals surface area contributed by atoms with Crippen LogP contribution in [0.5, 0.6) is 0 Å². The summed E-state index contributed by atoms with van der Waals surface area (Å²) < 4.78 is 5.34. The molecular formula is C18H19N5O2. The van der Waals surface area contributed by atoms with Crippen molar-refractivity contribution in [2.75, 3.05) is 25.5 Å². The molecule has 0 saturated carbocycles. The molecule has 1 amide bonds. The molecule has 1 fully saturated rings. The molecule has 0 bridgehead atoms. The lowest BCUT2D eigenvalue weighted by Gasteiger charge is -2.07. The van der Waals surface area contributed by atoms with Crippen LogP contribution in [0.1, 0.15) is 24.1 Å². The molecule has 1 aliphatic heterocycles. The molecule has 1 aromatic carbocycles. The first-order chi connectivity index (χ1) is 12.2. The number of amides is 1. The predicted molar refractivity (Wildman–Crippen MR) is 93.2 cm³/mol.